The number of benzene rings is 2. The maximum absolute atomic E-state index is 2.61. The highest BCUT2D eigenvalue weighted by Crippen LogP contribution is 2.57. The smallest absolute Gasteiger partial charge is 0.0107 e. The van der Waals surface area contributed by atoms with Crippen molar-refractivity contribution in [3.63, 3.8) is 0 Å². The lowest BCUT2D eigenvalue weighted by Crippen LogP contribution is -2.35. The summed E-state index contributed by atoms with van der Waals surface area (Å²) in [5, 5.41) is 3.02. The molecule has 194 valence electrons. The van der Waals surface area contributed by atoms with Crippen LogP contribution in [-0.2, 0) is 6.42 Å². The highest BCUT2D eigenvalue weighted by atomic mass is 14.5. The molecule has 0 amide bonds. The van der Waals surface area contributed by atoms with Crippen LogP contribution >= 0.6 is 0 Å². The van der Waals surface area contributed by atoms with Crippen molar-refractivity contribution in [2.24, 2.45) is 23.7 Å². The van der Waals surface area contributed by atoms with Crippen molar-refractivity contribution in [1.29, 1.82) is 0 Å². The first-order chi connectivity index (χ1) is 19.9. The zero-order valence-electron chi connectivity index (χ0n) is 22.9. The minimum absolute atomic E-state index is 0.446. The number of hydrogen-bond donors (Lipinski definition) is 0. The molecule has 0 N–H and O–H groups in total. The van der Waals surface area contributed by atoms with Crippen molar-refractivity contribution in [2.75, 3.05) is 0 Å². The van der Waals surface area contributed by atoms with Gasteiger partial charge in [0, 0.05) is 17.8 Å². The Balaban J connectivity index is 1.42. The molecular formula is C40H34. The first-order valence-corrected chi connectivity index (χ1v) is 15.4. The quantitative estimate of drug-likeness (QED) is 0.357. The van der Waals surface area contributed by atoms with Gasteiger partial charge in [0.2, 0.25) is 0 Å². The van der Waals surface area contributed by atoms with E-state index in [1.165, 1.54) is 46.7 Å². The van der Waals surface area contributed by atoms with Gasteiger partial charge in [-0.1, -0.05) is 109 Å². The summed E-state index contributed by atoms with van der Waals surface area (Å²) in [6.45, 7) is 0. The molecule has 0 saturated carbocycles. The Kier molecular flexibility index (Phi) is 5.03. The van der Waals surface area contributed by atoms with Gasteiger partial charge < -0.3 is 0 Å². The Bertz CT molecular complexity index is 1850. The molecule has 0 aliphatic heterocycles. The van der Waals surface area contributed by atoms with Gasteiger partial charge in [-0.3, -0.25) is 0 Å². The molecule has 0 aromatic heterocycles. The normalized spacial score (nSPS) is 28.8. The summed E-state index contributed by atoms with van der Waals surface area (Å²) >= 11 is 0. The number of hydrogen-bond acceptors (Lipinski definition) is 0. The van der Waals surface area contributed by atoms with Gasteiger partial charge in [-0.2, -0.15) is 0 Å². The van der Waals surface area contributed by atoms with Gasteiger partial charge in [0.15, 0.2) is 0 Å². The summed E-state index contributed by atoms with van der Waals surface area (Å²) in [7, 11) is 0. The molecule has 4 unspecified atom stereocenters. The zero-order chi connectivity index (χ0) is 26.2. The van der Waals surface area contributed by atoms with E-state index in [0.717, 1.165) is 19.3 Å². The molecule has 2 aromatic rings. The van der Waals surface area contributed by atoms with Crippen molar-refractivity contribution < 1.29 is 0 Å². The number of fused-ring (bicyclic) bond motifs is 6. The van der Waals surface area contributed by atoms with Crippen molar-refractivity contribution in [1.82, 2.24) is 0 Å². The Morgan fingerprint density at radius 2 is 1.65 bits per heavy atom. The van der Waals surface area contributed by atoms with Crippen LogP contribution in [0.4, 0.5) is 0 Å². The summed E-state index contributed by atoms with van der Waals surface area (Å²) < 4.78 is 0. The summed E-state index contributed by atoms with van der Waals surface area (Å²) in [5.41, 5.74) is 15.8. The predicted molar refractivity (Wildman–Crippen MR) is 167 cm³/mol. The first-order valence-electron chi connectivity index (χ1n) is 15.4. The maximum Gasteiger partial charge on any atom is 0.0107 e. The van der Waals surface area contributed by atoms with Gasteiger partial charge in [-0.15, -0.1) is 0 Å². The van der Waals surface area contributed by atoms with E-state index in [1.54, 1.807) is 38.7 Å². The minimum atomic E-state index is 0.446. The fourth-order valence-electron chi connectivity index (χ4n) is 8.88. The molecule has 7 aliphatic rings. The molecule has 4 atom stereocenters. The van der Waals surface area contributed by atoms with Crippen LogP contribution in [-0.4, -0.2) is 0 Å². The van der Waals surface area contributed by atoms with E-state index >= 15 is 0 Å². The van der Waals surface area contributed by atoms with Crippen LogP contribution in [0.15, 0.2) is 126 Å². The Morgan fingerprint density at radius 3 is 2.55 bits per heavy atom. The summed E-state index contributed by atoms with van der Waals surface area (Å²) in [4.78, 5) is 0. The molecule has 0 fully saturated rings. The molecular weight excluding hydrogens is 480 g/mol. The summed E-state index contributed by atoms with van der Waals surface area (Å²) in [6.07, 6.45) is 33.2. The molecule has 0 heteroatoms. The van der Waals surface area contributed by atoms with Crippen LogP contribution < -0.4 is 10.4 Å². The molecule has 2 aromatic carbocycles. The molecule has 0 spiro atoms. The van der Waals surface area contributed by atoms with Crippen molar-refractivity contribution in [3.05, 3.63) is 153 Å². The first kappa shape index (κ1) is 22.9. The van der Waals surface area contributed by atoms with Crippen LogP contribution in [0.25, 0.3) is 22.8 Å². The second kappa shape index (κ2) is 8.80. The van der Waals surface area contributed by atoms with Gasteiger partial charge in [0.05, 0.1) is 0 Å². The predicted octanol–water partition coefficient (Wildman–Crippen LogP) is 7.96. The average molecular weight is 515 g/mol. The van der Waals surface area contributed by atoms with E-state index in [9.17, 15) is 0 Å². The van der Waals surface area contributed by atoms with Gasteiger partial charge in [-0.25, -0.2) is 0 Å². The van der Waals surface area contributed by atoms with Crippen molar-refractivity contribution in [2.45, 2.75) is 38.5 Å². The lowest BCUT2D eigenvalue weighted by atomic mass is 9.62. The van der Waals surface area contributed by atoms with Crippen LogP contribution in [0.2, 0.25) is 0 Å². The third-order valence-electron chi connectivity index (χ3n) is 10.5. The molecule has 40 heavy (non-hydrogen) atoms. The highest BCUT2D eigenvalue weighted by molar-refractivity contribution is 6.05. The van der Waals surface area contributed by atoms with Crippen LogP contribution in [0, 0.1) is 23.7 Å². The maximum atomic E-state index is 2.61. The lowest BCUT2D eigenvalue weighted by molar-refractivity contribution is 0.525. The van der Waals surface area contributed by atoms with E-state index in [1.807, 2.05) is 0 Å². The van der Waals surface area contributed by atoms with E-state index in [4.69, 9.17) is 0 Å². The number of allylic oxidation sites excluding steroid dienone is 15. The molecule has 0 nitrogen and oxygen atoms in total. The Labute approximate surface area is 237 Å². The molecule has 9 rings (SSSR count). The monoisotopic (exact) mass is 514 g/mol. The molecule has 7 aliphatic carbocycles. The topological polar surface area (TPSA) is 0 Å². The van der Waals surface area contributed by atoms with Crippen molar-refractivity contribution in [3.8, 4) is 0 Å². The van der Waals surface area contributed by atoms with E-state index in [2.05, 4.69) is 109 Å². The van der Waals surface area contributed by atoms with Crippen LogP contribution in [0.5, 0.6) is 0 Å². The van der Waals surface area contributed by atoms with Crippen LogP contribution in [0.1, 0.15) is 48.8 Å². The van der Waals surface area contributed by atoms with E-state index in [-0.39, 0.29) is 0 Å². The van der Waals surface area contributed by atoms with Crippen LogP contribution in [0.3, 0.4) is 0 Å². The zero-order valence-corrected chi connectivity index (χ0v) is 22.9. The fraction of sp³-hybridized carbons (Fsp3) is 0.250. The second-order valence-electron chi connectivity index (χ2n) is 12.5. The summed E-state index contributed by atoms with van der Waals surface area (Å²) in [5.74, 6) is 1.96. The third-order valence-corrected chi connectivity index (χ3v) is 10.5. The van der Waals surface area contributed by atoms with Gasteiger partial charge in [-0.05, 0) is 111 Å². The number of rotatable bonds is 2. The fourth-order valence-corrected chi connectivity index (χ4v) is 8.88. The Morgan fingerprint density at radius 1 is 0.725 bits per heavy atom. The third kappa shape index (κ3) is 3.20. The average Bonchev–Trinajstić information content (AvgIpc) is 3.34. The summed E-state index contributed by atoms with van der Waals surface area (Å²) in [6, 6.07) is 16.4. The minimum Gasteiger partial charge on any atom is -0.0885 e. The highest BCUT2D eigenvalue weighted by Gasteiger charge is 2.44. The second-order valence-corrected chi connectivity index (χ2v) is 12.5. The largest absolute Gasteiger partial charge is 0.0885 e. The molecule has 0 bridgehead atoms. The standard InChI is InChI=1S/C40H34/c1-3-12-25(13-4-1)36-33-22-27-16-7-8-17-28(27)23-34(33)37(26-14-5-2-6-15-26)40-35-24-29-18-9-10-19-30(29)31-20-11-21-32(38(31)35)39(36)40/h1-5,7-12,16-21,23,25-26,29,33H,6,13-15,22,24H2. The van der Waals surface area contributed by atoms with Gasteiger partial charge in [0.25, 0.3) is 0 Å². The molecule has 0 saturated heterocycles. The SMILES string of the molecule is C1=CCC(C2=C3C(=C(C4CC=CCC4)C4=Cc5ccccc5CC42)C2=c4c3cccc4=C3C=CC=CC3C2)C=C1. The molecule has 0 heterocycles. The van der Waals surface area contributed by atoms with Crippen molar-refractivity contribution >= 4 is 22.8 Å². The van der Waals surface area contributed by atoms with E-state index in [0.29, 0.717) is 23.7 Å². The van der Waals surface area contributed by atoms with E-state index < -0.39 is 0 Å². The Hall–Kier alpha value is -3.90. The lowest BCUT2D eigenvalue weighted by Gasteiger charge is -2.42. The van der Waals surface area contributed by atoms with Gasteiger partial charge >= 0.3 is 0 Å². The van der Waals surface area contributed by atoms with Gasteiger partial charge in [0.1, 0.15) is 0 Å². The molecule has 0 radical (unpaired) electrons.